The number of nitrogens with zero attached hydrogens (tertiary/aromatic N) is 3. The van der Waals surface area contributed by atoms with Crippen molar-refractivity contribution in [2.24, 2.45) is 0 Å². The van der Waals surface area contributed by atoms with Crippen molar-refractivity contribution in [1.29, 1.82) is 0 Å². The molecule has 2 aromatic rings. The lowest BCUT2D eigenvalue weighted by molar-refractivity contribution is 0.0988. The smallest absolute Gasteiger partial charge is 0.259 e. The minimum absolute atomic E-state index is 0.0280. The highest BCUT2D eigenvalue weighted by molar-refractivity contribution is 6.06. The van der Waals surface area contributed by atoms with Crippen LogP contribution in [0.5, 0.6) is 0 Å². The molecule has 1 heterocycles. The first kappa shape index (κ1) is 18.9. The van der Waals surface area contributed by atoms with Gasteiger partial charge in [0.2, 0.25) is 0 Å². The maximum Gasteiger partial charge on any atom is 0.259 e. The summed E-state index contributed by atoms with van der Waals surface area (Å²) in [5.41, 5.74) is 2.65. The van der Waals surface area contributed by atoms with E-state index >= 15 is 0 Å². The number of carbonyl (C=O) groups is 1. The molecule has 5 nitrogen and oxygen atoms in total. The summed E-state index contributed by atoms with van der Waals surface area (Å²) in [5, 5.41) is 3.29. The van der Waals surface area contributed by atoms with Gasteiger partial charge in [-0.2, -0.15) is 0 Å². The lowest BCUT2D eigenvalue weighted by atomic mass is 10.2. The van der Waals surface area contributed by atoms with Crippen LogP contribution in [0.25, 0.3) is 0 Å². The molecule has 5 heteroatoms. The van der Waals surface area contributed by atoms with E-state index in [0.717, 1.165) is 36.6 Å². The molecule has 1 amide bonds. The predicted molar refractivity (Wildman–Crippen MR) is 104 cm³/mol. The number of rotatable bonds is 8. The fourth-order valence-electron chi connectivity index (χ4n) is 2.63. The van der Waals surface area contributed by atoms with Crippen LogP contribution in [0.15, 0.2) is 42.6 Å². The van der Waals surface area contributed by atoms with Gasteiger partial charge >= 0.3 is 0 Å². The number of hydrogen-bond donors (Lipinski definition) is 1. The minimum atomic E-state index is -0.0280. The molecule has 0 radical (unpaired) electrons. The van der Waals surface area contributed by atoms with Crippen molar-refractivity contribution >= 4 is 17.4 Å². The first-order chi connectivity index (χ1) is 12.0. The summed E-state index contributed by atoms with van der Waals surface area (Å²) in [6.45, 7) is 6.52. The van der Waals surface area contributed by atoms with E-state index in [2.05, 4.69) is 29.3 Å². The summed E-state index contributed by atoms with van der Waals surface area (Å²) in [5.74, 6) is 0.772. The van der Waals surface area contributed by atoms with Gasteiger partial charge in [-0.1, -0.05) is 12.1 Å². The molecule has 0 saturated carbocycles. The van der Waals surface area contributed by atoms with Gasteiger partial charge in [-0.25, -0.2) is 4.98 Å². The van der Waals surface area contributed by atoms with Crippen LogP contribution >= 0.6 is 0 Å². The number of amides is 1. The first-order valence-corrected chi connectivity index (χ1v) is 8.74. The molecule has 1 N–H and O–H groups in total. The Balaban J connectivity index is 2.01. The molecule has 0 unspecified atom stereocenters. The Morgan fingerprint density at radius 1 is 1.20 bits per heavy atom. The number of hydrogen-bond acceptors (Lipinski definition) is 4. The molecule has 134 valence electrons. The molecule has 25 heavy (non-hydrogen) atoms. The van der Waals surface area contributed by atoms with Gasteiger partial charge in [0.1, 0.15) is 5.82 Å². The molecular formula is C20H28N4O. The second-order valence-corrected chi connectivity index (χ2v) is 6.40. The van der Waals surface area contributed by atoms with E-state index in [4.69, 9.17) is 0 Å². The zero-order valence-corrected chi connectivity index (χ0v) is 15.6. The molecule has 0 aliphatic carbocycles. The third-order valence-corrected chi connectivity index (χ3v) is 3.97. The van der Waals surface area contributed by atoms with E-state index in [1.165, 1.54) is 0 Å². The van der Waals surface area contributed by atoms with E-state index in [0.29, 0.717) is 12.1 Å². The normalized spacial score (nSPS) is 10.8. The Morgan fingerprint density at radius 3 is 2.60 bits per heavy atom. The molecule has 0 aliphatic rings. The molecule has 0 fully saturated rings. The van der Waals surface area contributed by atoms with E-state index in [-0.39, 0.29) is 5.91 Å². The van der Waals surface area contributed by atoms with Crippen molar-refractivity contribution < 1.29 is 4.79 Å². The maximum atomic E-state index is 12.8. The fourth-order valence-corrected chi connectivity index (χ4v) is 2.63. The standard InChI is InChI=1S/C20H28N4O/c1-5-24(18-9-6-8-16(2)14-18)20(25)17-10-11-19(22-15-17)21-12-7-13-23(3)4/h6,8-11,14-15H,5,7,12-13H2,1-4H3,(H,21,22). The third kappa shape index (κ3) is 5.57. The van der Waals surface area contributed by atoms with Crippen LogP contribution in [0.3, 0.4) is 0 Å². The first-order valence-electron chi connectivity index (χ1n) is 8.74. The summed E-state index contributed by atoms with van der Waals surface area (Å²) in [6, 6.07) is 11.7. The highest BCUT2D eigenvalue weighted by Crippen LogP contribution is 2.18. The molecule has 0 saturated heterocycles. The summed E-state index contributed by atoms with van der Waals surface area (Å²) in [6.07, 6.45) is 2.70. The zero-order chi connectivity index (χ0) is 18.2. The maximum absolute atomic E-state index is 12.8. The number of benzene rings is 1. The second-order valence-electron chi connectivity index (χ2n) is 6.40. The summed E-state index contributed by atoms with van der Waals surface area (Å²) < 4.78 is 0. The molecule has 0 spiro atoms. The van der Waals surface area contributed by atoms with Gasteiger partial charge in [-0.05, 0) is 70.7 Å². The Labute approximate surface area is 150 Å². The fraction of sp³-hybridized carbons (Fsp3) is 0.400. The second kappa shape index (κ2) is 9.18. The number of aryl methyl sites for hydroxylation is 1. The average molecular weight is 340 g/mol. The molecule has 0 aliphatic heterocycles. The molecule has 1 aromatic carbocycles. The monoisotopic (exact) mass is 340 g/mol. The van der Waals surface area contributed by atoms with E-state index in [1.54, 1.807) is 11.1 Å². The molecule has 1 aromatic heterocycles. The van der Waals surface area contributed by atoms with Crippen molar-refractivity contribution in [1.82, 2.24) is 9.88 Å². The van der Waals surface area contributed by atoms with Crippen LogP contribution in [-0.4, -0.2) is 49.5 Å². The highest BCUT2D eigenvalue weighted by Gasteiger charge is 2.16. The average Bonchev–Trinajstić information content (AvgIpc) is 2.60. The highest BCUT2D eigenvalue weighted by atomic mass is 16.2. The number of aromatic nitrogens is 1. The topological polar surface area (TPSA) is 48.5 Å². The molecule has 0 bridgehead atoms. The minimum Gasteiger partial charge on any atom is -0.370 e. The number of nitrogens with one attached hydrogen (secondary N) is 1. The Hall–Kier alpha value is -2.40. The van der Waals surface area contributed by atoms with E-state index < -0.39 is 0 Å². The molecular weight excluding hydrogens is 312 g/mol. The van der Waals surface area contributed by atoms with Crippen molar-refractivity contribution in [3.05, 3.63) is 53.7 Å². The van der Waals surface area contributed by atoms with Crippen LogP contribution < -0.4 is 10.2 Å². The number of anilines is 2. The Bertz CT molecular complexity index is 682. The van der Waals surface area contributed by atoms with Crippen molar-refractivity contribution in [2.75, 3.05) is 43.9 Å². The Kier molecular flexibility index (Phi) is 6.95. The molecule has 0 atom stereocenters. The Morgan fingerprint density at radius 2 is 2.00 bits per heavy atom. The lowest BCUT2D eigenvalue weighted by Gasteiger charge is -2.21. The van der Waals surface area contributed by atoms with E-state index in [1.807, 2.05) is 50.2 Å². The van der Waals surface area contributed by atoms with Crippen LogP contribution in [0.4, 0.5) is 11.5 Å². The number of carbonyl (C=O) groups excluding carboxylic acids is 1. The van der Waals surface area contributed by atoms with Gasteiger partial charge in [0.15, 0.2) is 0 Å². The third-order valence-electron chi connectivity index (χ3n) is 3.97. The van der Waals surface area contributed by atoms with Crippen LogP contribution in [0, 0.1) is 6.92 Å². The number of pyridine rings is 1. The van der Waals surface area contributed by atoms with Crippen LogP contribution in [-0.2, 0) is 0 Å². The van der Waals surface area contributed by atoms with Crippen LogP contribution in [0.1, 0.15) is 29.3 Å². The van der Waals surface area contributed by atoms with Gasteiger partial charge in [0.25, 0.3) is 5.91 Å². The van der Waals surface area contributed by atoms with Gasteiger partial charge in [-0.15, -0.1) is 0 Å². The summed E-state index contributed by atoms with van der Waals surface area (Å²) >= 11 is 0. The van der Waals surface area contributed by atoms with Gasteiger partial charge in [-0.3, -0.25) is 4.79 Å². The predicted octanol–water partition coefficient (Wildman–Crippen LogP) is 3.42. The largest absolute Gasteiger partial charge is 0.370 e. The van der Waals surface area contributed by atoms with Crippen molar-refractivity contribution in [2.45, 2.75) is 20.3 Å². The van der Waals surface area contributed by atoms with Crippen LogP contribution in [0.2, 0.25) is 0 Å². The van der Waals surface area contributed by atoms with E-state index in [9.17, 15) is 4.79 Å². The molecule has 2 rings (SSSR count). The summed E-state index contributed by atoms with van der Waals surface area (Å²) in [4.78, 5) is 21.1. The quantitative estimate of drug-likeness (QED) is 0.748. The van der Waals surface area contributed by atoms with Gasteiger partial charge in [0.05, 0.1) is 5.56 Å². The summed E-state index contributed by atoms with van der Waals surface area (Å²) in [7, 11) is 4.12. The van der Waals surface area contributed by atoms with Gasteiger partial charge in [0, 0.05) is 25.0 Å². The zero-order valence-electron chi connectivity index (χ0n) is 15.6. The van der Waals surface area contributed by atoms with Crippen molar-refractivity contribution in [3.8, 4) is 0 Å². The SMILES string of the molecule is CCN(C(=O)c1ccc(NCCCN(C)C)nc1)c1cccc(C)c1. The van der Waals surface area contributed by atoms with Gasteiger partial charge < -0.3 is 15.1 Å². The van der Waals surface area contributed by atoms with Crippen molar-refractivity contribution in [3.63, 3.8) is 0 Å². The lowest BCUT2D eigenvalue weighted by Crippen LogP contribution is -2.30.